The molecule has 0 saturated carbocycles. The van der Waals surface area contributed by atoms with Crippen LogP contribution in [0.25, 0.3) is 0 Å². The SMILES string of the molecule is C/C=C/C(=O)NCCc1ccccc1OC. The van der Waals surface area contributed by atoms with Gasteiger partial charge in [0.05, 0.1) is 7.11 Å². The van der Waals surface area contributed by atoms with Gasteiger partial charge in [-0.25, -0.2) is 0 Å². The van der Waals surface area contributed by atoms with Gasteiger partial charge in [0.1, 0.15) is 5.75 Å². The number of carbonyl (C=O) groups is 1. The van der Waals surface area contributed by atoms with Gasteiger partial charge in [-0.2, -0.15) is 0 Å². The normalized spacial score (nSPS) is 10.4. The third-order valence-electron chi connectivity index (χ3n) is 2.20. The molecule has 0 aliphatic carbocycles. The zero-order chi connectivity index (χ0) is 11.8. The molecule has 0 radical (unpaired) electrons. The maximum Gasteiger partial charge on any atom is 0.243 e. The minimum Gasteiger partial charge on any atom is -0.496 e. The van der Waals surface area contributed by atoms with Crippen LogP contribution in [0.4, 0.5) is 0 Å². The van der Waals surface area contributed by atoms with Crippen molar-refractivity contribution in [2.24, 2.45) is 0 Å². The Balaban J connectivity index is 2.45. The van der Waals surface area contributed by atoms with Crippen molar-refractivity contribution >= 4 is 5.91 Å². The number of nitrogens with one attached hydrogen (secondary N) is 1. The van der Waals surface area contributed by atoms with E-state index >= 15 is 0 Å². The number of rotatable bonds is 5. The van der Waals surface area contributed by atoms with E-state index in [0.29, 0.717) is 6.54 Å². The van der Waals surface area contributed by atoms with E-state index in [4.69, 9.17) is 4.74 Å². The third kappa shape index (κ3) is 3.77. The van der Waals surface area contributed by atoms with Crippen molar-refractivity contribution in [3.63, 3.8) is 0 Å². The van der Waals surface area contributed by atoms with Crippen LogP contribution in [-0.2, 0) is 11.2 Å². The summed E-state index contributed by atoms with van der Waals surface area (Å²) in [6, 6.07) is 7.82. The van der Waals surface area contributed by atoms with Gasteiger partial charge in [0.2, 0.25) is 5.91 Å². The van der Waals surface area contributed by atoms with Gasteiger partial charge in [-0.05, 0) is 31.1 Å². The average Bonchev–Trinajstić information content (AvgIpc) is 2.30. The number of hydrogen-bond acceptors (Lipinski definition) is 2. The number of hydrogen-bond donors (Lipinski definition) is 1. The standard InChI is InChI=1S/C13H17NO2/c1-3-6-13(15)14-10-9-11-7-4-5-8-12(11)16-2/h3-8H,9-10H2,1-2H3,(H,14,15)/b6-3+. The number of para-hydroxylation sites is 1. The summed E-state index contributed by atoms with van der Waals surface area (Å²) in [5, 5.41) is 2.80. The lowest BCUT2D eigenvalue weighted by Crippen LogP contribution is -2.23. The molecule has 1 aromatic rings. The van der Waals surface area contributed by atoms with Crippen LogP contribution in [-0.4, -0.2) is 19.6 Å². The number of methoxy groups -OCH3 is 1. The molecule has 0 bridgehead atoms. The number of amides is 1. The monoisotopic (exact) mass is 219 g/mol. The summed E-state index contributed by atoms with van der Waals surface area (Å²) in [5.41, 5.74) is 1.10. The molecule has 0 atom stereocenters. The summed E-state index contributed by atoms with van der Waals surface area (Å²) in [6.07, 6.45) is 4.01. The maximum atomic E-state index is 11.2. The van der Waals surface area contributed by atoms with Crippen LogP contribution in [0.2, 0.25) is 0 Å². The average molecular weight is 219 g/mol. The van der Waals surface area contributed by atoms with Crippen LogP contribution in [0.3, 0.4) is 0 Å². The van der Waals surface area contributed by atoms with Crippen molar-refractivity contribution in [3.05, 3.63) is 42.0 Å². The molecular formula is C13H17NO2. The molecule has 1 aromatic carbocycles. The topological polar surface area (TPSA) is 38.3 Å². The Kier molecular flexibility index (Phi) is 5.12. The lowest BCUT2D eigenvalue weighted by Gasteiger charge is -2.07. The first-order valence-corrected chi connectivity index (χ1v) is 5.30. The minimum atomic E-state index is -0.0580. The number of benzene rings is 1. The smallest absolute Gasteiger partial charge is 0.243 e. The fraction of sp³-hybridized carbons (Fsp3) is 0.308. The van der Waals surface area contributed by atoms with E-state index in [0.717, 1.165) is 17.7 Å². The van der Waals surface area contributed by atoms with E-state index in [9.17, 15) is 4.79 Å². The predicted octanol–water partition coefficient (Wildman–Crippen LogP) is 1.93. The highest BCUT2D eigenvalue weighted by Gasteiger charge is 2.01. The Morgan fingerprint density at radius 1 is 1.44 bits per heavy atom. The van der Waals surface area contributed by atoms with Crippen molar-refractivity contribution in [1.29, 1.82) is 0 Å². The first kappa shape index (κ1) is 12.3. The second kappa shape index (κ2) is 6.67. The largest absolute Gasteiger partial charge is 0.496 e. The molecule has 16 heavy (non-hydrogen) atoms. The number of ether oxygens (including phenoxy) is 1. The quantitative estimate of drug-likeness (QED) is 0.768. The highest BCUT2D eigenvalue weighted by atomic mass is 16.5. The Hall–Kier alpha value is -1.77. The van der Waals surface area contributed by atoms with Crippen molar-refractivity contribution < 1.29 is 9.53 Å². The van der Waals surface area contributed by atoms with E-state index in [1.807, 2.05) is 31.2 Å². The second-order valence-corrected chi connectivity index (χ2v) is 3.35. The molecular weight excluding hydrogens is 202 g/mol. The molecule has 0 saturated heterocycles. The molecule has 0 spiro atoms. The van der Waals surface area contributed by atoms with Gasteiger partial charge >= 0.3 is 0 Å². The zero-order valence-electron chi connectivity index (χ0n) is 9.69. The number of carbonyl (C=O) groups excluding carboxylic acids is 1. The molecule has 1 N–H and O–H groups in total. The molecule has 0 fully saturated rings. The molecule has 1 amide bonds. The fourth-order valence-corrected chi connectivity index (χ4v) is 1.44. The minimum absolute atomic E-state index is 0.0580. The zero-order valence-corrected chi connectivity index (χ0v) is 9.69. The van der Waals surface area contributed by atoms with Crippen molar-refractivity contribution in [2.75, 3.05) is 13.7 Å². The fourth-order valence-electron chi connectivity index (χ4n) is 1.44. The predicted molar refractivity (Wildman–Crippen MR) is 64.5 cm³/mol. The van der Waals surface area contributed by atoms with Crippen LogP contribution >= 0.6 is 0 Å². The van der Waals surface area contributed by atoms with Gasteiger partial charge in [-0.1, -0.05) is 24.3 Å². The van der Waals surface area contributed by atoms with Crippen LogP contribution < -0.4 is 10.1 Å². The Labute approximate surface area is 96.1 Å². The summed E-state index contributed by atoms with van der Waals surface area (Å²) >= 11 is 0. The first-order valence-electron chi connectivity index (χ1n) is 5.30. The van der Waals surface area contributed by atoms with Crippen LogP contribution in [0, 0.1) is 0 Å². The van der Waals surface area contributed by atoms with Crippen LogP contribution in [0.15, 0.2) is 36.4 Å². The Morgan fingerprint density at radius 2 is 2.19 bits per heavy atom. The summed E-state index contributed by atoms with van der Waals surface area (Å²) in [6.45, 7) is 2.43. The molecule has 0 unspecified atom stereocenters. The van der Waals surface area contributed by atoms with Gasteiger partial charge in [0.25, 0.3) is 0 Å². The summed E-state index contributed by atoms with van der Waals surface area (Å²) < 4.78 is 5.22. The maximum absolute atomic E-state index is 11.2. The van der Waals surface area contributed by atoms with Gasteiger partial charge in [-0.3, -0.25) is 4.79 Å². The summed E-state index contributed by atoms with van der Waals surface area (Å²) in [7, 11) is 1.65. The van der Waals surface area contributed by atoms with Gasteiger partial charge < -0.3 is 10.1 Å². The first-order chi connectivity index (χ1) is 7.77. The highest BCUT2D eigenvalue weighted by Crippen LogP contribution is 2.17. The van der Waals surface area contributed by atoms with E-state index in [1.165, 1.54) is 6.08 Å². The van der Waals surface area contributed by atoms with E-state index in [1.54, 1.807) is 13.2 Å². The van der Waals surface area contributed by atoms with E-state index in [2.05, 4.69) is 5.32 Å². The van der Waals surface area contributed by atoms with Gasteiger partial charge in [0, 0.05) is 6.54 Å². The lowest BCUT2D eigenvalue weighted by atomic mass is 10.1. The Bertz CT molecular complexity index is 372. The second-order valence-electron chi connectivity index (χ2n) is 3.35. The molecule has 86 valence electrons. The van der Waals surface area contributed by atoms with E-state index in [-0.39, 0.29) is 5.91 Å². The van der Waals surface area contributed by atoms with Gasteiger partial charge in [0.15, 0.2) is 0 Å². The van der Waals surface area contributed by atoms with Crippen LogP contribution in [0.5, 0.6) is 5.75 Å². The summed E-state index contributed by atoms with van der Waals surface area (Å²) in [4.78, 5) is 11.2. The molecule has 3 heteroatoms. The molecule has 0 heterocycles. The van der Waals surface area contributed by atoms with E-state index < -0.39 is 0 Å². The molecule has 0 aromatic heterocycles. The van der Waals surface area contributed by atoms with Crippen LogP contribution in [0.1, 0.15) is 12.5 Å². The van der Waals surface area contributed by atoms with Crippen molar-refractivity contribution in [3.8, 4) is 5.75 Å². The summed E-state index contributed by atoms with van der Waals surface area (Å²) in [5.74, 6) is 0.806. The van der Waals surface area contributed by atoms with Crippen molar-refractivity contribution in [2.45, 2.75) is 13.3 Å². The Morgan fingerprint density at radius 3 is 2.88 bits per heavy atom. The third-order valence-corrected chi connectivity index (χ3v) is 2.20. The lowest BCUT2D eigenvalue weighted by molar-refractivity contribution is -0.116. The van der Waals surface area contributed by atoms with Gasteiger partial charge in [-0.15, -0.1) is 0 Å². The molecule has 0 aliphatic rings. The van der Waals surface area contributed by atoms with Crippen molar-refractivity contribution in [1.82, 2.24) is 5.32 Å². The molecule has 0 aliphatic heterocycles. The highest BCUT2D eigenvalue weighted by molar-refractivity contribution is 5.87. The molecule has 1 rings (SSSR count). The molecule has 3 nitrogen and oxygen atoms in total. The number of allylic oxidation sites excluding steroid dienone is 1.